The standard InChI is InChI=1S/C12H9F3O5/c13-7-3-1-2-6(4-7)10(17)20-9-8(5-16)19-11(18)12(9,14)15/h1-4,8-9,16H,5H2/t8-,9-/m1/s1. The van der Waals surface area contributed by atoms with Gasteiger partial charge in [0.05, 0.1) is 12.2 Å². The molecule has 0 aliphatic carbocycles. The second-order valence-electron chi connectivity index (χ2n) is 4.09. The zero-order valence-electron chi connectivity index (χ0n) is 9.89. The fraction of sp³-hybridized carbons (Fsp3) is 0.333. The molecule has 0 bridgehead atoms. The Kier molecular flexibility index (Phi) is 3.67. The second kappa shape index (κ2) is 5.12. The van der Waals surface area contributed by atoms with Crippen molar-refractivity contribution in [3.8, 4) is 0 Å². The third-order valence-electron chi connectivity index (χ3n) is 2.70. The van der Waals surface area contributed by atoms with Crippen LogP contribution in [0.4, 0.5) is 13.2 Å². The third kappa shape index (κ3) is 2.46. The van der Waals surface area contributed by atoms with Crippen molar-refractivity contribution in [2.75, 3.05) is 6.61 Å². The number of aliphatic hydroxyl groups excluding tert-OH is 1. The molecule has 20 heavy (non-hydrogen) atoms. The van der Waals surface area contributed by atoms with Gasteiger partial charge in [0.25, 0.3) is 0 Å². The second-order valence-corrected chi connectivity index (χ2v) is 4.09. The first-order chi connectivity index (χ1) is 9.36. The molecule has 1 fully saturated rings. The van der Waals surface area contributed by atoms with E-state index < -0.39 is 42.5 Å². The largest absolute Gasteiger partial charge is 0.451 e. The fourth-order valence-electron chi connectivity index (χ4n) is 1.71. The van der Waals surface area contributed by atoms with Gasteiger partial charge in [-0.2, -0.15) is 8.78 Å². The molecule has 1 heterocycles. The van der Waals surface area contributed by atoms with Crippen LogP contribution >= 0.6 is 0 Å². The number of ether oxygens (including phenoxy) is 2. The summed E-state index contributed by atoms with van der Waals surface area (Å²) in [4.78, 5) is 22.6. The summed E-state index contributed by atoms with van der Waals surface area (Å²) < 4.78 is 48.5. The molecule has 1 aliphatic heterocycles. The van der Waals surface area contributed by atoms with Crippen molar-refractivity contribution in [2.45, 2.75) is 18.1 Å². The first-order valence-corrected chi connectivity index (χ1v) is 5.52. The van der Waals surface area contributed by atoms with Gasteiger partial charge in [0.15, 0.2) is 6.10 Å². The summed E-state index contributed by atoms with van der Waals surface area (Å²) in [7, 11) is 0. The lowest BCUT2D eigenvalue weighted by Crippen LogP contribution is -2.42. The fourth-order valence-corrected chi connectivity index (χ4v) is 1.71. The Bertz CT molecular complexity index is 546. The van der Waals surface area contributed by atoms with Gasteiger partial charge in [0.2, 0.25) is 6.10 Å². The van der Waals surface area contributed by atoms with Crippen molar-refractivity contribution in [1.29, 1.82) is 0 Å². The van der Waals surface area contributed by atoms with E-state index in [0.717, 1.165) is 18.2 Å². The highest BCUT2D eigenvalue weighted by atomic mass is 19.3. The van der Waals surface area contributed by atoms with E-state index in [1.54, 1.807) is 0 Å². The van der Waals surface area contributed by atoms with Crippen LogP contribution in [0, 0.1) is 5.82 Å². The van der Waals surface area contributed by atoms with E-state index in [-0.39, 0.29) is 5.56 Å². The summed E-state index contributed by atoms with van der Waals surface area (Å²) in [5, 5.41) is 8.85. The van der Waals surface area contributed by atoms with Crippen LogP contribution < -0.4 is 0 Å². The third-order valence-corrected chi connectivity index (χ3v) is 2.70. The lowest BCUT2D eigenvalue weighted by molar-refractivity contribution is -0.163. The molecule has 2 rings (SSSR count). The number of alkyl halides is 2. The monoisotopic (exact) mass is 290 g/mol. The molecule has 1 saturated heterocycles. The Morgan fingerprint density at radius 3 is 2.75 bits per heavy atom. The number of halogens is 3. The summed E-state index contributed by atoms with van der Waals surface area (Å²) in [5.74, 6) is -7.93. The average Bonchev–Trinajstić information content (AvgIpc) is 2.62. The molecule has 1 aliphatic rings. The van der Waals surface area contributed by atoms with Crippen molar-refractivity contribution in [3.05, 3.63) is 35.6 Å². The maximum absolute atomic E-state index is 13.5. The van der Waals surface area contributed by atoms with Crippen molar-refractivity contribution in [2.24, 2.45) is 0 Å². The first kappa shape index (κ1) is 14.3. The average molecular weight is 290 g/mol. The van der Waals surface area contributed by atoms with Crippen LogP contribution in [0.15, 0.2) is 24.3 Å². The smallest absolute Gasteiger partial charge is 0.382 e. The number of cyclic esters (lactones) is 1. The summed E-state index contributed by atoms with van der Waals surface area (Å²) in [6.45, 7) is -0.928. The first-order valence-electron chi connectivity index (χ1n) is 5.52. The molecule has 1 aromatic carbocycles. The van der Waals surface area contributed by atoms with E-state index in [2.05, 4.69) is 9.47 Å². The molecule has 0 amide bonds. The molecule has 1 N–H and O–H groups in total. The molecule has 0 saturated carbocycles. The van der Waals surface area contributed by atoms with E-state index in [1.165, 1.54) is 6.07 Å². The van der Waals surface area contributed by atoms with Gasteiger partial charge in [-0.25, -0.2) is 14.0 Å². The highest BCUT2D eigenvalue weighted by molar-refractivity contribution is 5.90. The molecule has 0 aromatic heterocycles. The van der Waals surface area contributed by atoms with Crippen molar-refractivity contribution < 1.29 is 37.3 Å². The number of aliphatic hydroxyl groups is 1. The number of carbonyl (C=O) groups excluding carboxylic acids is 2. The Morgan fingerprint density at radius 2 is 2.15 bits per heavy atom. The minimum Gasteiger partial charge on any atom is -0.451 e. The highest BCUT2D eigenvalue weighted by Gasteiger charge is 2.62. The summed E-state index contributed by atoms with van der Waals surface area (Å²) in [6.07, 6.45) is -3.91. The van der Waals surface area contributed by atoms with Crippen LogP contribution in [0.25, 0.3) is 0 Å². The van der Waals surface area contributed by atoms with Gasteiger partial charge in [-0.05, 0) is 18.2 Å². The number of hydrogen-bond donors (Lipinski definition) is 1. The Hall–Kier alpha value is -2.09. The lowest BCUT2D eigenvalue weighted by atomic mass is 10.1. The Balaban J connectivity index is 2.19. The zero-order valence-corrected chi connectivity index (χ0v) is 9.89. The number of esters is 2. The number of hydrogen-bond acceptors (Lipinski definition) is 5. The van der Waals surface area contributed by atoms with Crippen LogP contribution in [-0.2, 0) is 14.3 Å². The molecule has 0 radical (unpaired) electrons. The normalized spacial score (nSPS) is 24.3. The van der Waals surface area contributed by atoms with E-state index >= 15 is 0 Å². The van der Waals surface area contributed by atoms with Crippen molar-refractivity contribution in [3.63, 3.8) is 0 Å². The minimum atomic E-state index is -4.06. The Labute approximate surface area is 110 Å². The van der Waals surface area contributed by atoms with E-state index in [0.29, 0.717) is 0 Å². The summed E-state index contributed by atoms with van der Waals surface area (Å²) >= 11 is 0. The molecular weight excluding hydrogens is 281 g/mol. The lowest BCUT2D eigenvalue weighted by Gasteiger charge is -2.19. The van der Waals surface area contributed by atoms with Crippen LogP contribution in [0.1, 0.15) is 10.4 Å². The van der Waals surface area contributed by atoms with Gasteiger partial charge in [-0.15, -0.1) is 0 Å². The van der Waals surface area contributed by atoms with Crippen molar-refractivity contribution in [1.82, 2.24) is 0 Å². The summed E-state index contributed by atoms with van der Waals surface area (Å²) in [6, 6.07) is 4.22. The van der Waals surface area contributed by atoms with Gasteiger partial charge in [0, 0.05) is 0 Å². The quantitative estimate of drug-likeness (QED) is 0.837. The van der Waals surface area contributed by atoms with Gasteiger partial charge in [-0.3, -0.25) is 0 Å². The van der Waals surface area contributed by atoms with E-state index in [9.17, 15) is 22.8 Å². The molecular formula is C12H9F3O5. The van der Waals surface area contributed by atoms with Crippen LogP contribution in [-0.4, -0.2) is 41.8 Å². The van der Waals surface area contributed by atoms with Gasteiger partial charge in [0.1, 0.15) is 5.82 Å². The predicted octanol–water partition coefficient (Wildman–Crippen LogP) is 0.904. The van der Waals surface area contributed by atoms with Crippen molar-refractivity contribution >= 4 is 11.9 Å². The molecule has 2 atom stereocenters. The number of carbonyl (C=O) groups is 2. The highest BCUT2D eigenvalue weighted by Crippen LogP contribution is 2.34. The van der Waals surface area contributed by atoms with E-state index in [1.807, 2.05) is 0 Å². The molecule has 108 valence electrons. The van der Waals surface area contributed by atoms with Crippen LogP contribution in [0.2, 0.25) is 0 Å². The number of benzene rings is 1. The summed E-state index contributed by atoms with van der Waals surface area (Å²) in [5.41, 5.74) is -0.295. The topological polar surface area (TPSA) is 72.8 Å². The van der Waals surface area contributed by atoms with E-state index in [4.69, 9.17) is 5.11 Å². The molecule has 1 aromatic rings. The minimum absolute atomic E-state index is 0.295. The maximum Gasteiger partial charge on any atom is 0.382 e. The maximum atomic E-state index is 13.5. The predicted molar refractivity (Wildman–Crippen MR) is 57.5 cm³/mol. The van der Waals surface area contributed by atoms with Gasteiger partial charge in [-0.1, -0.05) is 6.07 Å². The molecule has 0 spiro atoms. The molecule has 0 unspecified atom stereocenters. The molecule has 5 nitrogen and oxygen atoms in total. The van der Waals surface area contributed by atoms with Gasteiger partial charge < -0.3 is 14.6 Å². The Morgan fingerprint density at radius 1 is 1.45 bits per heavy atom. The number of rotatable bonds is 3. The zero-order chi connectivity index (χ0) is 14.9. The molecule has 8 heteroatoms. The SMILES string of the molecule is O=C(O[C@@H]1[C@@H](CO)OC(=O)C1(F)F)c1cccc(F)c1. The van der Waals surface area contributed by atoms with Crippen LogP contribution in [0.3, 0.4) is 0 Å². The van der Waals surface area contributed by atoms with Crippen LogP contribution in [0.5, 0.6) is 0 Å². The van der Waals surface area contributed by atoms with Gasteiger partial charge >= 0.3 is 17.9 Å².